The van der Waals surface area contributed by atoms with Crippen molar-refractivity contribution in [1.29, 1.82) is 5.26 Å². The molecule has 0 aliphatic carbocycles. The van der Waals surface area contributed by atoms with E-state index in [1.54, 1.807) is 49.6 Å². The molecule has 0 saturated carbocycles. The van der Waals surface area contributed by atoms with Crippen molar-refractivity contribution in [3.05, 3.63) is 58.3 Å². The van der Waals surface area contributed by atoms with E-state index in [-0.39, 0.29) is 5.91 Å². The Morgan fingerprint density at radius 2 is 2.05 bits per heavy atom. The molecule has 2 aromatic rings. The molecule has 0 aliphatic heterocycles. The molecule has 2 rings (SSSR count). The fourth-order valence-electron chi connectivity index (χ4n) is 1.70. The van der Waals surface area contributed by atoms with Gasteiger partial charge in [0.1, 0.15) is 10.7 Å². The van der Waals surface area contributed by atoms with Crippen molar-refractivity contribution < 1.29 is 4.79 Å². The third-order valence-electron chi connectivity index (χ3n) is 2.68. The molecular weight excluding hydrogens is 306 g/mol. The topological polar surface area (TPSA) is 57.0 Å². The van der Waals surface area contributed by atoms with E-state index in [2.05, 4.69) is 27.0 Å². The van der Waals surface area contributed by atoms with Gasteiger partial charge in [-0.25, -0.2) is 4.98 Å². The maximum atomic E-state index is 12.4. The Morgan fingerprint density at radius 3 is 2.74 bits per heavy atom. The van der Waals surface area contributed by atoms with E-state index in [1.165, 1.54) is 4.90 Å². The molecule has 0 radical (unpaired) electrons. The second-order valence-corrected chi connectivity index (χ2v) is 4.59. The third kappa shape index (κ3) is 2.64. The normalized spacial score (nSPS) is 9.74. The first-order valence-corrected chi connectivity index (χ1v) is 6.32. The van der Waals surface area contributed by atoms with Crippen LogP contribution in [-0.2, 0) is 0 Å². The van der Waals surface area contributed by atoms with E-state index in [4.69, 9.17) is 5.26 Å². The summed E-state index contributed by atoms with van der Waals surface area (Å²) < 4.78 is 0.487. The molecule has 94 valence electrons. The van der Waals surface area contributed by atoms with Crippen LogP contribution < -0.4 is 4.90 Å². The van der Waals surface area contributed by atoms with E-state index in [1.807, 2.05) is 0 Å². The lowest BCUT2D eigenvalue weighted by Crippen LogP contribution is -2.27. The molecule has 0 aliphatic rings. The molecule has 5 heteroatoms. The van der Waals surface area contributed by atoms with Gasteiger partial charge in [-0.1, -0.05) is 12.1 Å². The summed E-state index contributed by atoms with van der Waals surface area (Å²) in [6.45, 7) is 0. The fraction of sp³-hybridized carbons (Fsp3) is 0.0714. The van der Waals surface area contributed by atoms with E-state index in [0.29, 0.717) is 21.4 Å². The Balaban J connectivity index is 2.40. The number of pyridine rings is 1. The molecule has 4 nitrogen and oxygen atoms in total. The van der Waals surface area contributed by atoms with E-state index < -0.39 is 0 Å². The van der Waals surface area contributed by atoms with Crippen LogP contribution in [0.4, 0.5) is 5.69 Å². The molecule has 0 saturated heterocycles. The molecule has 0 bridgehead atoms. The van der Waals surface area contributed by atoms with Crippen LogP contribution >= 0.6 is 15.9 Å². The molecule has 0 N–H and O–H groups in total. The van der Waals surface area contributed by atoms with Gasteiger partial charge in [-0.2, -0.15) is 5.26 Å². The van der Waals surface area contributed by atoms with Gasteiger partial charge in [-0.05, 0) is 40.2 Å². The monoisotopic (exact) mass is 315 g/mol. The first kappa shape index (κ1) is 13.2. The molecule has 0 atom stereocenters. The molecule has 1 amide bonds. The van der Waals surface area contributed by atoms with E-state index in [0.717, 1.165) is 0 Å². The van der Waals surface area contributed by atoms with Gasteiger partial charge < -0.3 is 4.90 Å². The zero-order chi connectivity index (χ0) is 13.8. The zero-order valence-electron chi connectivity index (χ0n) is 10.2. The second-order valence-electron chi connectivity index (χ2n) is 3.83. The van der Waals surface area contributed by atoms with Crippen LogP contribution in [0.2, 0.25) is 0 Å². The van der Waals surface area contributed by atoms with Gasteiger partial charge in [-0.15, -0.1) is 0 Å². The Hall–Kier alpha value is -2.19. The lowest BCUT2D eigenvalue weighted by molar-refractivity contribution is 0.0992. The average Bonchev–Trinajstić information content (AvgIpc) is 2.46. The van der Waals surface area contributed by atoms with Crippen LogP contribution in [0, 0.1) is 11.3 Å². The quantitative estimate of drug-likeness (QED) is 0.800. The molecule has 1 aromatic heterocycles. The highest BCUT2D eigenvalue weighted by Crippen LogP contribution is 2.22. The lowest BCUT2D eigenvalue weighted by Gasteiger charge is -2.18. The van der Waals surface area contributed by atoms with E-state index >= 15 is 0 Å². The number of halogens is 1. The number of anilines is 1. The number of aromatic nitrogens is 1. The Morgan fingerprint density at radius 1 is 1.32 bits per heavy atom. The van der Waals surface area contributed by atoms with Crippen molar-refractivity contribution in [3.8, 4) is 6.07 Å². The van der Waals surface area contributed by atoms with Gasteiger partial charge in [0, 0.05) is 13.2 Å². The Labute approximate surface area is 119 Å². The Kier molecular flexibility index (Phi) is 3.93. The number of hydrogen-bond donors (Lipinski definition) is 0. The largest absolute Gasteiger partial charge is 0.310 e. The summed E-state index contributed by atoms with van der Waals surface area (Å²) in [7, 11) is 1.64. The molecule has 0 unspecified atom stereocenters. The van der Waals surface area contributed by atoms with Crippen LogP contribution in [0.5, 0.6) is 0 Å². The minimum absolute atomic E-state index is 0.220. The first-order chi connectivity index (χ1) is 9.15. The summed E-state index contributed by atoms with van der Waals surface area (Å²) >= 11 is 3.25. The summed E-state index contributed by atoms with van der Waals surface area (Å²) in [4.78, 5) is 17.8. The molecular formula is C14H10BrN3O. The van der Waals surface area contributed by atoms with Crippen molar-refractivity contribution in [1.82, 2.24) is 4.98 Å². The minimum atomic E-state index is -0.220. The summed E-state index contributed by atoms with van der Waals surface area (Å²) in [5, 5.41) is 9.06. The van der Waals surface area contributed by atoms with Crippen LogP contribution in [0.3, 0.4) is 0 Å². The molecule has 1 aromatic carbocycles. The number of para-hydroxylation sites is 1. The summed E-state index contributed by atoms with van der Waals surface area (Å²) in [5.74, 6) is -0.220. The average molecular weight is 316 g/mol. The van der Waals surface area contributed by atoms with Gasteiger partial charge >= 0.3 is 0 Å². The number of benzene rings is 1. The summed E-state index contributed by atoms with van der Waals surface area (Å²) in [6.07, 6.45) is 1.60. The van der Waals surface area contributed by atoms with Crippen molar-refractivity contribution in [2.45, 2.75) is 0 Å². The van der Waals surface area contributed by atoms with Crippen LogP contribution in [0.25, 0.3) is 0 Å². The highest BCUT2D eigenvalue weighted by Gasteiger charge is 2.18. The highest BCUT2D eigenvalue weighted by atomic mass is 79.9. The number of carbonyl (C=O) groups excluding carboxylic acids is 1. The zero-order valence-corrected chi connectivity index (χ0v) is 11.8. The number of hydrogen-bond acceptors (Lipinski definition) is 3. The maximum absolute atomic E-state index is 12.4. The smallest absolute Gasteiger partial charge is 0.260 e. The van der Waals surface area contributed by atoms with Gasteiger partial charge in [-0.3, -0.25) is 4.79 Å². The molecule has 1 heterocycles. The second kappa shape index (κ2) is 5.63. The van der Waals surface area contributed by atoms with Crippen molar-refractivity contribution in [2.24, 2.45) is 0 Å². The van der Waals surface area contributed by atoms with Gasteiger partial charge in [0.15, 0.2) is 0 Å². The van der Waals surface area contributed by atoms with E-state index in [9.17, 15) is 4.79 Å². The molecule has 0 spiro atoms. The maximum Gasteiger partial charge on any atom is 0.260 e. The predicted octanol–water partition coefficient (Wildman–Crippen LogP) is 2.99. The fourth-order valence-corrected chi connectivity index (χ4v) is 2.12. The number of nitriles is 1. The van der Waals surface area contributed by atoms with Crippen LogP contribution in [-0.4, -0.2) is 17.9 Å². The van der Waals surface area contributed by atoms with Crippen LogP contribution in [0.1, 0.15) is 15.9 Å². The van der Waals surface area contributed by atoms with Crippen molar-refractivity contribution in [3.63, 3.8) is 0 Å². The summed E-state index contributed by atoms with van der Waals surface area (Å²) in [5.41, 5.74) is 1.49. The van der Waals surface area contributed by atoms with Crippen molar-refractivity contribution in [2.75, 3.05) is 11.9 Å². The standard InChI is InChI=1S/C14H10BrN3O/c1-18(12-7-3-2-5-10(12)9-16)14(19)11-6-4-8-17-13(11)15/h2-8H,1H3. The lowest BCUT2D eigenvalue weighted by atomic mass is 10.1. The van der Waals surface area contributed by atoms with Crippen molar-refractivity contribution >= 4 is 27.5 Å². The molecule has 0 fully saturated rings. The van der Waals surface area contributed by atoms with Gasteiger partial charge in [0.25, 0.3) is 5.91 Å². The highest BCUT2D eigenvalue weighted by molar-refractivity contribution is 9.10. The first-order valence-electron chi connectivity index (χ1n) is 5.53. The Bertz CT molecular complexity index is 664. The van der Waals surface area contributed by atoms with Gasteiger partial charge in [0.2, 0.25) is 0 Å². The predicted molar refractivity (Wildman–Crippen MR) is 75.8 cm³/mol. The minimum Gasteiger partial charge on any atom is -0.310 e. The SMILES string of the molecule is CN(C(=O)c1cccnc1Br)c1ccccc1C#N. The summed E-state index contributed by atoms with van der Waals surface area (Å²) in [6, 6.07) is 12.4. The molecule has 19 heavy (non-hydrogen) atoms. The van der Waals surface area contributed by atoms with Crippen LogP contribution in [0.15, 0.2) is 47.2 Å². The number of amides is 1. The third-order valence-corrected chi connectivity index (χ3v) is 3.31. The van der Waals surface area contributed by atoms with Gasteiger partial charge in [0.05, 0.1) is 16.8 Å². The number of rotatable bonds is 2. The number of carbonyl (C=O) groups is 1. The number of nitrogens with zero attached hydrogens (tertiary/aromatic N) is 3.